The Bertz CT molecular complexity index is 532. The van der Waals surface area contributed by atoms with Gasteiger partial charge in [0.25, 0.3) is 5.91 Å². The van der Waals surface area contributed by atoms with E-state index in [1.54, 1.807) is 24.3 Å². The van der Waals surface area contributed by atoms with Crippen molar-refractivity contribution in [3.63, 3.8) is 0 Å². The van der Waals surface area contributed by atoms with Crippen LogP contribution in [0.25, 0.3) is 0 Å². The van der Waals surface area contributed by atoms with Crippen LogP contribution in [-0.2, 0) is 9.84 Å². The molecule has 0 aliphatic rings. The molecule has 0 aliphatic heterocycles. The van der Waals surface area contributed by atoms with E-state index in [0.717, 1.165) is 0 Å². The molecule has 0 heterocycles. The number of rotatable bonds is 7. The predicted molar refractivity (Wildman–Crippen MR) is 77.2 cm³/mol. The topological polar surface area (TPSA) is 89.3 Å². The summed E-state index contributed by atoms with van der Waals surface area (Å²) in [7, 11) is -3.10. The Labute approximate surface area is 118 Å². The van der Waals surface area contributed by atoms with Crippen LogP contribution in [-0.4, -0.2) is 38.3 Å². The predicted octanol–water partition coefficient (Wildman–Crippen LogP) is 1.04. The quantitative estimate of drug-likeness (QED) is 0.447. The smallest absolute Gasteiger partial charge is 0.251 e. The third kappa shape index (κ3) is 5.94. The molecule has 7 heteroatoms. The van der Waals surface area contributed by atoms with Crippen LogP contribution in [0.3, 0.4) is 0 Å². The van der Waals surface area contributed by atoms with Gasteiger partial charge in [0.15, 0.2) is 9.84 Å². The maximum Gasteiger partial charge on any atom is 0.251 e. The van der Waals surface area contributed by atoms with E-state index in [-0.39, 0.29) is 23.3 Å². The monoisotopic (exact) mass is 304 g/mol. The molecule has 19 heavy (non-hydrogen) atoms. The van der Waals surface area contributed by atoms with Crippen LogP contribution in [0.5, 0.6) is 0 Å². The zero-order chi connectivity index (χ0) is 14.3. The maximum atomic E-state index is 11.7. The standard InChI is InChI=1S/C12H17ClN2O3S/c13-5-8-19(17,18)7-2-6-15-12(16)10-3-1-4-11(14)9-10/h1,3-4,9H,2,5-8,14H2,(H,15,16). The molecule has 0 fully saturated rings. The molecule has 0 aromatic heterocycles. The van der Waals surface area contributed by atoms with E-state index in [9.17, 15) is 13.2 Å². The number of hydrogen-bond acceptors (Lipinski definition) is 4. The van der Waals surface area contributed by atoms with E-state index < -0.39 is 9.84 Å². The first kappa shape index (κ1) is 15.8. The molecule has 0 unspecified atom stereocenters. The van der Waals surface area contributed by atoms with E-state index in [0.29, 0.717) is 24.2 Å². The number of alkyl halides is 1. The molecule has 1 aromatic carbocycles. The lowest BCUT2D eigenvalue weighted by atomic mass is 10.2. The molecule has 0 atom stereocenters. The van der Waals surface area contributed by atoms with Gasteiger partial charge < -0.3 is 11.1 Å². The van der Waals surface area contributed by atoms with Crippen molar-refractivity contribution in [2.75, 3.05) is 29.7 Å². The number of benzene rings is 1. The van der Waals surface area contributed by atoms with Crippen LogP contribution < -0.4 is 11.1 Å². The summed E-state index contributed by atoms with van der Waals surface area (Å²) in [6.45, 7) is 0.301. The van der Waals surface area contributed by atoms with Crippen LogP contribution in [0.4, 0.5) is 5.69 Å². The first-order valence-electron chi connectivity index (χ1n) is 5.85. The fourth-order valence-corrected chi connectivity index (χ4v) is 3.22. The van der Waals surface area contributed by atoms with Crippen LogP contribution in [0.1, 0.15) is 16.8 Å². The maximum absolute atomic E-state index is 11.7. The summed E-state index contributed by atoms with van der Waals surface area (Å²) < 4.78 is 22.8. The number of hydrogen-bond donors (Lipinski definition) is 2. The van der Waals surface area contributed by atoms with E-state index in [4.69, 9.17) is 17.3 Å². The lowest BCUT2D eigenvalue weighted by Gasteiger charge is -2.06. The van der Waals surface area contributed by atoms with Crippen molar-refractivity contribution < 1.29 is 13.2 Å². The minimum Gasteiger partial charge on any atom is -0.399 e. The number of nitrogens with one attached hydrogen (secondary N) is 1. The molecule has 0 saturated heterocycles. The van der Waals surface area contributed by atoms with Gasteiger partial charge in [-0.2, -0.15) is 0 Å². The summed E-state index contributed by atoms with van der Waals surface area (Å²) in [5.74, 6) is -0.172. The molecule has 1 aromatic rings. The lowest BCUT2D eigenvalue weighted by Crippen LogP contribution is -2.26. The fourth-order valence-electron chi connectivity index (χ4n) is 1.50. The summed E-state index contributed by atoms with van der Waals surface area (Å²) >= 11 is 5.38. The summed E-state index contributed by atoms with van der Waals surface area (Å²) in [5.41, 5.74) is 6.54. The van der Waals surface area contributed by atoms with Crippen molar-refractivity contribution >= 4 is 33.0 Å². The van der Waals surface area contributed by atoms with Crippen molar-refractivity contribution in [1.29, 1.82) is 0 Å². The Morgan fingerprint density at radius 1 is 1.32 bits per heavy atom. The van der Waals surface area contributed by atoms with Crippen molar-refractivity contribution in [3.05, 3.63) is 29.8 Å². The van der Waals surface area contributed by atoms with E-state index in [1.807, 2.05) is 0 Å². The van der Waals surface area contributed by atoms with Crippen LogP contribution in [0.15, 0.2) is 24.3 Å². The van der Waals surface area contributed by atoms with E-state index in [2.05, 4.69) is 5.32 Å². The highest BCUT2D eigenvalue weighted by Crippen LogP contribution is 2.06. The summed E-state index contributed by atoms with van der Waals surface area (Å²) in [6, 6.07) is 6.60. The van der Waals surface area contributed by atoms with E-state index in [1.165, 1.54) is 0 Å². The molecular formula is C12H17ClN2O3S. The van der Waals surface area contributed by atoms with Crippen LogP contribution >= 0.6 is 11.6 Å². The van der Waals surface area contributed by atoms with Gasteiger partial charge in [0, 0.05) is 23.7 Å². The van der Waals surface area contributed by atoms with Gasteiger partial charge in [-0.15, -0.1) is 11.6 Å². The molecular weight excluding hydrogens is 288 g/mol. The van der Waals surface area contributed by atoms with Gasteiger partial charge in [-0.25, -0.2) is 8.42 Å². The number of nitrogens with two attached hydrogens (primary N) is 1. The van der Waals surface area contributed by atoms with Crippen molar-refractivity contribution in [3.8, 4) is 0 Å². The number of sulfone groups is 1. The van der Waals surface area contributed by atoms with Crippen LogP contribution in [0, 0.1) is 0 Å². The molecule has 1 amide bonds. The van der Waals surface area contributed by atoms with Gasteiger partial charge in [0.2, 0.25) is 0 Å². The summed E-state index contributed by atoms with van der Waals surface area (Å²) in [5, 5.41) is 2.65. The van der Waals surface area contributed by atoms with Crippen LogP contribution in [0.2, 0.25) is 0 Å². The highest BCUT2D eigenvalue weighted by Gasteiger charge is 2.10. The Morgan fingerprint density at radius 2 is 2.05 bits per heavy atom. The number of carbonyl (C=O) groups excluding carboxylic acids is 1. The lowest BCUT2D eigenvalue weighted by molar-refractivity contribution is 0.0953. The van der Waals surface area contributed by atoms with Crippen molar-refractivity contribution in [2.24, 2.45) is 0 Å². The second-order valence-electron chi connectivity index (χ2n) is 4.08. The Morgan fingerprint density at radius 3 is 2.68 bits per heavy atom. The van der Waals surface area contributed by atoms with Gasteiger partial charge in [-0.3, -0.25) is 4.79 Å². The molecule has 106 valence electrons. The number of halogens is 1. The molecule has 0 saturated carbocycles. The average molecular weight is 305 g/mol. The Kier molecular flexibility index (Phi) is 6.11. The Hall–Kier alpha value is -1.27. The molecule has 0 spiro atoms. The highest BCUT2D eigenvalue weighted by molar-refractivity contribution is 7.91. The summed E-state index contributed by atoms with van der Waals surface area (Å²) in [4.78, 5) is 11.7. The fraction of sp³-hybridized carbons (Fsp3) is 0.417. The van der Waals surface area contributed by atoms with Gasteiger partial charge in [0.1, 0.15) is 0 Å². The van der Waals surface area contributed by atoms with Gasteiger partial charge >= 0.3 is 0 Å². The largest absolute Gasteiger partial charge is 0.399 e. The molecule has 0 aliphatic carbocycles. The van der Waals surface area contributed by atoms with E-state index >= 15 is 0 Å². The number of carbonyl (C=O) groups is 1. The minimum atomic E-state index is -3.10. The first-order valence-corrected chi connectivity index (χ1v) is 8.20. The summed E-state index contributed by atoms with van der Waals surface area (Å²) in [6.07, 6.45) is 0.368. The Balaban J connectivity index is 2.36. The highest BCUT2D eigenvalue weighted by atomic mass is 35.5. The minimum absolute atomic E-state index is 0.0247. The first-order chi connectivity index (χ1) is 8.94. The van der Waals surface area contributed by atoms with Gasteiger partial charge in [-0.05, 0) is 24.6 Å². The molecule has 0 radical (unpaired) electrons. The third-order valence-electron chi connectivity index (χ3n) is 2.45. The zero-order valence-corrected chi connectivity index (χ0v) is 12.0. The van der Waals surface area contributed by atoms with Crippen molar-refractivity contribution in [2.45, 2.75) is 6.42 Å². The molecule has 3 N–H and O–H groups in total. The average Bonchev–Trinajstić information content (AvgIpc) is 2.34. The zero-order valence-electron chi connectivity index (χ0n) is 10.4. The van der Waals surface area contributed by atoms with Gasteiger partial charge in [0.05, 0.1) is 11.5 Å². The van der Waals surface area contributed by atoms with Gasteiger partial charge in [-0.1, -0.05) is 6.07 Å². The SMILES string of the molecule is Nc1cccc(C(=O)NCCCS(=O)(=O)CCCl)c1. The molecule has 5 nitrogen and oxygen atoms in total. The molecule has 1 rings (SSSR count). The number of amides is 1. The number of anilines is 1. The van der Waals surface area contributed by atoms with Crippen molar-refractivity contribution in [1.82, 2.24) is 5.32 Å². The second-order valence-corrected chi connectivity index (χ2v) is 6.76. The number of nitrogen functional groups attached to an aromatic ring is 1. The second kappa shape index (κ2) is 7.35. The molecule has 0 bridgehead atoms. The third-order valence-corrected chi connectivity index (χ3v) is 4.60. The normalized spacial score (nSPS) is 11.2.